The molecule has 0 aromatic carbocycles. The topological polar surface area (TPSA) is 47.6 Å². The number of unbranched alkanes of at least 4 members (excludes halogenated alkanes) is 2. The van der Waals surface area contributed by atoms with E-state index in [1.54, 1.807) is 24.1 Å². The Balaban J connectivity index is 2.18. The summed E-state index contributed by atoms with van der Waals surface area (Å²) in [6.07, 6.45) is 17.2. The van der Waals surface area contributed by atoms with Crippen LogP contribution in [0.3, 0.4) is 0 Å². The molecule has 0 amide bonds. The van der Waals surface area contributed by atoms with Gasteiger partial charge in [0.15, 0.2) is 0 Å². The van der Waals surface area contributed by atoms with Crippen LogP contribution in [0.2, 0.25) is 0 Å². The molecule has 0 aliphatic carbocycles. The van der Waals surface area contributed by atoms with Crippen molar-refractivity contribution in [2.75, 3.05) is 19.1 Å². The van der Waals surface area contributed by atoms with Gasteiger partial charge in [-0.2, -0.15) is 0 Å². The average Bonchev–Trinajstić information content (AvgIpc) is 2.49. The molecule has 0 saturated carbocycles. The Hall–Kier alpha value is -1.26. The van der Waals surface area contributed by atoms with Gasteiger partial charge in [0.1, 0.15) is 6.73 Å². The van der Waals surface area contributed by atoms with E-state index in [2.05, 4.69) is 30.1 Å². The van der Waals surface area contributed by atoms with Crippen LogP contribution in [0.15, 0.2) is 52.1 Å². The van der Waals surface area contributed by atoms with Gasteiger partial charge in [0.2, 0.25) is 0 Å². The summed E-state index contributed by atoms with van der Waals surface area (Å²) >= 11 is 1.80. The van der Waals surface area contributed by atoms with Gasteiger partial charge >= 0.3 is 0 Å². The minimum Gasteiger partial charge on any atom is -0.399 e. The van der Waals surface area contributed by atoms with Crippen molar-refractivity contribution in [3.63, 3.8) is 0 Å². The second kappa shape index (κ2) is 11.6. The molecule has 0 radical (unpaired) electrons. The highest BCUT2D eigenvalue weighted by Gasteiger charge is 1.94. The van der Waals surface area contributed by atoms with Gasteiger partial charge in [-0.25, -0.2) is 0 Å². The summed E-state index contributed by atoms with van der Waals surface area (Å²) in [5, 5.41) is 0. The van der Waals surface area contributed by atoms with E-state index in [-0.39, 0.29) is 0 Å². The molecule has 3 nitrogen and oxygen atoms in total. The van der Waals surface area contributed by atoms with Gasteiger partial charge in [-0.3, -0.25) is 4.99 Å². The molecule has 0 fully saturated rings. The number of thioether (sulfide) groups is 1. The molecule has 0 saturated heterocycles. The Bertz CT molecular complexity index is 409. The van der Waals surface area contributed by atoms with Crippen LogP contribution in [0.5, 0.6) is 0 Å². The zero-order valence-corrected chi connectivity index (χ0v) is 12.9. The van der Waals surface area contributed by atoms with Crippen molar-refractivity contribution in [3.05, 3.63) is 47.1 Å². The molecule has 2 N–H and O–H groups in total. The van der Waals surface area contributed by atoms with E-state index < -0.39 is 0 Å². The SMILES string of the molecule is CCCCCOC/N=C/C=C(N)/C=C/C1=CC=CCS1. The quantitative estimate of drug-likeness (QED) is 0.399. The van der Waals surface area contributed by atoms with Crippen molar-refractivity contribution < 1.29 is 4.74 Å². The Morgan fingerprint density at radius 2 is 2.40 bits per heavy atom. The van der Waals surface area contributed by atoms with Crippen molar-refractivity contribution in [2.45, 2.75) is 26.2 Å². The van der Waals surface area contributed by atoms with Gasteiger partial charge in [0.05, 0.1) is 0 Å². The lowest BCUT2D eigenvalue weighted by molar-refractivity contribution is 0.138. The monoisotopic (exact) mass is 292 g/mol. The number of allylic oxidation sites excluding steroid dienone is 5. The molecule has 1 rings (SSSR count). The minimum atomic E-state index is 0.406. The van der Waals surface area contributed by atoms with E-state index in [1.165, 1.54) is 17.7 Å². The third-order valence-electron chi connectivity index (χ3n) is 2.61. The molecule has 4 heteroatoms. The van der Waals surface area contributed by atoms with Crippen molar-refractivity contribution in [2.24, 2.45) is 10.7 Å². The summed E-state index contributed by atoms with van der Waals surface area (Å²) in [7, 11) is 0. The standard InChI is InChI=1S/C16H24N2OS/c1-2-3-5-12-19-14-18-11-10-15(17)8-9-16-7-4-6-13-20-16/h4,6-11H,2-3,5,12-14,17H2,1H3/b9-8+,15-10-,18-11+. The summed E-state index contributed by atoms with van der Waals surface area (Å²) in [5.74, 6) is 1.02. The molecule has 1 aliphatic heterocycles. The molecule has 110 valence electrons. The van der Waals surface area contributed by atoms with E-state index in [0.717, 1.165) is 18.8 Å². The third kappa shape index (κ3) is 8.77. The Kier molecular flexibility index (Phi) is 9.70. The molecule has 1 heterocycles. The van der Waals surface area contributed by atoms with Crippen molar-refractivity contribution in [1.29, 1.82) is 0 Å². The Morgan fingerprint density at radius 3 is 3.15 bits per heavy atom. The second-order valence-electron chi connectivity index (χ2n) is 4.38. The van der Waals surface area contributed by atoms with Crippen molar-refractivity contribution >= 4 is 18.0 Å². The van der Waals surface area contributed by atoms with Crippen LogP contribution in [0.4, 0.5) is 0 Å². The zero-order chi connectivity index (χ0) is 14.5. The number of hydrogen-bond donors (Lipinski definition) is 1. The Labute approximate surface area is 126 Å². The van der Waals surface area contributed by atoms with Crippen LogP contribution in [0.1, 0.15) is 26.2 Å². The summed E-state index contributed by atoms with van der Waals surface area (Å²) in [4.78, 5) is 5.36. The first-order valence-corrected chi connectivity index (χ1v) is 8.02. The summed E-state index contributed by atoms with van der Waals surface area (Å²) in [5.41, 5.74) is 6.55. The molecular weight excluding hydrogens is 268 g/mol. The van der Waals surface area contributed by atoms with Gasteiger partial charge in [-0.05, 0) is 30.7 Å². The smallest absolute Gasteiger partial charge is 0.137 e. The number of nitrogens with zero attached hydrogens (tertiary/aromatic N) is 1. The minimum absolute atomic E-state index is 0.406. The van der Waals surface area contributed by atoms with Crippen LogP contribution in [-0.4, -0.2) is 25.3 Å². The number of rotatable bonds is 9. The summed E-state index contributed by atoms with van der Waals surface area (Å²) < 4.78 is 5.37. The van der Waals surface area contributed by atoms with Crippen LogP contribution < -0.4 is 5.73 Å². The fourth-order valence-corrected chi connectivity index (χ4v) is 2.24. The lowest BCUT2D eigenvalue weighted by atomic mass is 10.3. The maximum atomic E-state index is 5.86. The van der Waals surface area contributed by atoms with E-state index in [4.69, 9.17) is 10.5 Å². The van der Waals surface area contributed by atoms with Crippen LogP contribution in [0.25, 0.3) is 0 Å². The highest BCUT2D eigenvalue weighted by molar-refractivity contribution is 8.03. The van der Waals surface area contributed by atoms with Crippen molar-refractivity contribution in [1.82, 2.24) is 0 Å². The predicted molar refractivity (Wildman–Crippen MR) is 89.9 cm³/mol. The highest BCUT2D eigenvalue weighted by atomic mass is 32.2. The highest BCUT2D eigenvalue weighted by Crippen LogP contribution is 2.20. The Morgan fingerprint density at radius 1 is 1.50 bits per heavy atom. The molecule has 0 aromatic rings. The van der Waals surface area contributed by atoms with Crippen LogP contribution in [-0.2, 0) is 4.74 Å². The largest absolute Gasteiger partial charge is 0.399 e. The molecule has 0 unspecified atom stereocenters. The first kappa shape index (κ1) is 16.8. The van der Waals surface area contributed by atoms with Crippen molar-refractivity contribution in [3.8, 4) is 0 Å². The number of aliphatic imine (C=N–C) groups is 1. The normalized spacial score (nSPS) is 16.2. The van der Waals surface area contributed by atoms with E-state index >= 15 is 0 Å². The molecular formula is C16H24N2OS. The molecule has 20 heavy (non-hydrogen) atoms. The lowest BCUT2D eigenvalue weighted by Crippen LogP contribution is -1.96. The first-order chi connectivity index (χ1) is 9.83. The summed E-state index contributed by atoms with van der Waals surface area (Å²) in [6.45, 7) is 3.36. The maximum Gasteiger partial charge on any atom is 0.137 e. The van der Waals surface area contributed by atoms with E-state index in [1.807, 2.05) is 12.2 Å². The fourth-order valence-electron chi connectivity index (χ4n) is 1.50. The van der Waals surface area contributed by atoms with Gasteiger partial charge in [-0.15, -0.1) is 11.8 Å². The van der Waals surface area contributed by atoms with Gasteiger partial charge < -0.3 is 10.5 Å². The molecule has 0 bridgehead atoms. The molecule has 0 spiro atoms. The summed E-state index contributed by atoms with van der Waals surface area (Å²) in [6, 6.07) is 0. The number of hydrogen-bond acceptors (Lipinski definition) is 4. The van der Waals surface area contributed by atoms with Gasteiger partial charge in [0.25, 0.3) is 0 Å². The van der Waals surface area contributed by atoms with Gasteiger partial charge in [0, 0.05) is 29.2 Å². The molecule has 1 aliphatic rings. The van der Waals surface area contributed by atoms with Gasteiger partial charge in [-0.1, -0.05) is 31.9 Å². The number of nitrogens with two attached hydrogens (primary N) is 1. The van der Waals surface area contributed by atoms with Crippen LogP contribution >= 0.6 is 11.8 Å². The molecule has 0 atom stereocenters. The average molecular weight is 292 g/mol. The third-order valence-corrected chi connectivity index (χ3v) is 3.58. The van der Waals surface area contributed by atoms with E-state index in [0.29, 0.717) is 12.4 Å². The lowest BCUT2D eigenvalue weighted by Gasteiger charge is -2.02. The molecule has 0 aromatic heterocycles. The fraction of sp³-hybridized carbons (Fsp3) is 0.438. The van der Waals surface area contributed by atoms with E-state index in [9.17, 15) is 0 Å². The number of ether oxygens (including phenoxy) is 1. The maximum absolute atomic E-state index is 5.86. The first-order valence-electron chi connectivity index (χ1n) is 7.04. The predicted octanol–water partition coefficient (Wildman–Crippen LogP) is 3.81. The van der Waals surface area contributed by atoms with Crippen LogP contribution in [0, 0.1) is 0 Å². The zero-order valence-electron chi connectivity index (χ0n) is 12.1. The second-order valence-corrected chi connectivity index (χ2v) is 5.48.